The van der Waals surface area contributed by atoms with Crippen molar-refractivity contribution >= 4 is 0 Å². The highest BCUT2D eigenvalue weighted by molar-refractivity contribution is 5.29. The lowest BCUT2D eigenvalue weighted by molar-refractivity contribution is -0.140. The van der Waals surface area contributed by atoms with E-state index in [1.165, 1.54) is 13.2 Å². The summed E-state index contributed by atoms with van der Waals surface area (Å²) >= 11 is 0. The highest BCUT2D eigenvalue weighted by Gasteiger charge is 2.40. The lowest BCUT2D eigenvalue weighted by Gasteiger charge is -2.42. The highest BCUT2D eigenvalue weighted by atomic mass is 19.4. The van der Waals surface area contributed by atoms with Crippen LogP contribution < -0.4 is 0 Å². The van der Waals surface area contributed by atoms with Gasteiger partial charge in [0.25, 0.3) is 0 Å². The predicted octanol–water partition coefficient (Wildman–Crippen LogP) is 3.84. The molecule has 1 fully saturated rings. The van der Waals surface area contributed by atoms with Crippen molar-refractivity contribution in [3.05, 3.63) is 35.1 Å². The third-order valence-electron chi connectivity index (χ3n) is 3.94. The largest absolute Gasteiger partial charge is 0.419 e. The molecule has 1 atom stereocenters. The first-order valence-corrected chi connectivity index (χ1v) is 6.37. The number of benzene rings is 1. The normalized spacial score (nSPS) is 19.5. The Labute approximate surface area is 114 Å². The van der Waals surface area contributed by atoms with Crippen LogP contribution in [0.3, 0.4) is 0 Å². The Morgan fingerprint density at radius 1 is 1.35 bits per heavy atom. The molecule has 1 aliphatic carbocycles. The third kappa shape index (κ3) is 2.96. The molecule has 6 heteroatoms. The average Bonchev–Trinajstić information content (AvgIpc) is 2.32. The van der Waals surface area contributed by atoms with Crippen LogP contribution in [0.4, 0.5) is 17.6 Å². The second-order valence-corrected chi connectivity index (χ2v) is 5.20. The van der Waals surface area contributed by atoms with Gasteiger partial charge in [-0.15, -0.1) is 0 Å². The number of halogens is 4. The molecule has 1 N–H and O–H groups in total. The Morgan fingerprint density at radius 3 is 2.45 bits per heavy atom. The number of hydrogen-bond donors (Lipinski definition) is 1. The lowest BCUT2D eigenvalue weighted by Crippen LogP contribution is -2.40. The summed E-state index contributed by atoms with van der Waals surface area (Å²) in [6.07, 6.45) is -3.14. The summed E-state index contributed by atoms with van der Waals surface area (Å²) in [7, 11) is 1.53. The van der Waals surface area contributed by atoms with Crippen LogP contribution >= 0.6 is 0 Å². The van der Waals surface area contributed by atoms with E-state index in [4.69, 9.17) is 4.74 Å². The van der Waals surface area contributed by atoms with E-state index in [2.05, 4.69) is 0 Å². The Bertz CT molecular complexity index is 475. The Kier molecular flexibility index (Phi) is 4.07. The number of aliphatic hydroxyl groups is 1. The first kappa shape index (κ1) is 15.3. The molecule has 1 aromatic rings. The molecule has 0 heterocycles. The van der Waals surface area contributed by atoms with Gasteiger partial charge in [-0.05, 0) is 37.0 Å². The molecule has 112 valence electrons. The highest BCUT2D eigenvalue weighted by Crippen LogP contribution is 2.42. The molecule has 0 spiro atoms. The van der Waals surface area contributed by atoms with Gasteiger partial charge in [-0.2, -0.15) is 13.2 Å². The fourth-order valence-electron chi connectivity index (χ4n) is 2.50. The van der Waals surface area contributed by atoms with Crippen LogP contribution in [-0.2, 0) is 10.9 Å². The molecule has 1 saturated carbocycles. The topological polar surface area (TPSA) is 29.5 Å². The lowest BCUT2D eigenvalue weighted by atomic mass is 9.75. The molecule has 20 heavy (non-hydrogen) atoms. The van der Waals surface area contributed by atoms with Gasteiger partial charge < -0.3 is 9.84 Å². The molecular formula is C14H16F4O2. The summed E-state index contributed by atoms with van der Waals surface area (Å²) in [4.78, 5) is 0. The van der Waals surface area contributed by atoms with Crippen molar-refractivity contribution in [3.63, 3.8) is 0 Å². The van der Waals surface area contributed by atoms with Crippen molar-refractivity contribution in [3.8, 4) is 0 Å². The number of ether oxygens (including phenoxy) is 1. The van der Waals surface area contributed by atoms with Gasteiger partial charge in [-0.3, -0.25) is 0 Å². The Hall–Kier alpha value is -1.14. The summed E-state index contributed by atoms with van der Waals surface area (Å²) in [6.45, 7) is 0. The third-order valence-corrected chi connectivity index (χ3v) is 3.94. The van der Waals surface area contributed by atoms with E-state index < -0.39 is 29.3 Å². The van der Waals surface area contributed by atoms with E-state index in [0.29, 0.717) is 6.07 Å². The maximum atomic E-state index is 13.2. The van der Waals surface area contributed by atoms with Crippen LogP contribution in [0.15, 0.2) is 18.2 Å². The number of methoxy groups -OCH3 is 1. The molecule has 0 aliphatic heterocycles. The van der Waals surface area contributed by atoms with Crippen molar-refractivity contribution in [2.24, 2.45) is 0 Å². The number of aliphatic hydroxyl groups excluding tert-OH is 1. The van der Waals surface area contributed by atoms with Gasteiger partial charge in [0.1, 0.15) is 5.82 Å². The van der Waals surface area contributed by atoms with Crippen LogP contribution in [0.2, 0.25) is 0 Å². The minimum atomic E-state index is -4.77. The summed E-state index contributed by atoms with van der Waals surface area (Å²) in [5, 5.41) is 10.1. The number of hydrogen-bond acceptors (Lipinski definition) is 2. The summed E-state index contributed by atoms with van der Waals surface area (Å²) in [6, 6.07) is 2.58. The quantitative estimate of drug-likeness (QED) is 0.854. The van der Waals surface area contributed by atoms with Gasteiger partial charge in [-0.1, -0.05) is 6.07 Å². The zero-order valence-corrected chi connectivity index (χ0v) is 11.0. The number of alkyl halides is 3. The van der Waals surface area contributed by atoms with Gasteiger partial charge >= 0.3 is 6.18 Å². The van der Waals surface area contributed by atoms with Crippen LogP contribution in [0, 0.1) is 5.82 Å². The fourth-order valence-corrected chi connectivity index (χ4v) is 2.50. The Morgan fingerprint density at radius 2 is 2.00 bits per heavy atom. The summed E-state index contributed by atoms with van der Waals surface area (Å²) < 4.78 is 56.4. The van der Waals surface area contributed by atoms with Crippen molar-refractivity contribution in [2.75, 3.05) is 7.11 Å². The maximum absolute atomic E-state index is 13.2. The predicted molar refractivity (Wildman–Crippen MR) is 64.6 cm³/mol. The van der Waals surface area contributed by atoms with Gasteiger partial charge in [0, 0.05) is 13.5 Å². The van der Waals surface area contributed by atoms with Crippen LogP contribution in [-0.4, -0.2) is 17.8 Å². The van der Waals surface area contributed by atoms with Gasteiger partial charge in [-0.25, -0.2) is 4.39 Å². The van der Waals surface area contributed by atoms with E-state index >= 15 is 0 Å². The first-order chi connectivity index (χ1) is 9.27. The van der Waals surface area contributed by atoms with E-state index in [9.17, 15) is 22.7 Å². The molecule has 0 saturated heterocycles. The second-order valence-electron chi connectivity index (χ2n) is 5.20. The van der Waals surface area contributed by atoms with Crippen molar-refractivity contribution < 1.29 is 27.4 Å². The summed E-state index contributed by atoms with van der Waals surface area (Å²) in [5.74, 6) is -1.33. The number of rotatable bonds is 4. The van der Waals surface area contributed by atoms with Crippen LogP contribution in [0.25, 0.3) is 0 Å². The van der Waals surface area contributed by atoms with Crippen molar-refractivity contribution in [2.45, 2.75) is 43.6 Å². The van der Waals surface area contributed by atoms with Crippen LogP contribution in [0.5, 0.6) is 0 Å². The van der Waals surface area contributed by atoms with Gasteiger partial charge in [0.2, 0.25) is 0 Å². The van der Waals surface area contributed by atoms with E-state index in [0.717, 1.165) is 25.3 Å². The van der Waals surface area contributed by atoms with E-state index in [-0.39, 0.29) is 12.0 Å². The molecular weight excluding hydrogens is 276 g/mol. The van der Waals surface area contributed by atoms with E-state index in [1.807, 2.05) is 0 Å². The van der Waals surface area contributed by atoms with Gasteiger partial charge in [0.15, 0.2) is 0 Å². The van der Waals surface area contributed by atoms with Crippen LogP contribution in [0.1, 0.15) is 42.9 Å². The molecule has 1 aliphatic rings. The molecule has 0 amide bonds. The monoisotopic (exact) mass is 292 g/mol. The van der Waals surface area contributed by atoms with Gasteiger partial charge in [0.05, 0.1) is 17.3 Å². The van der Waals surface area contributed by atoms with Crippen molar-refractivity contribution in [1.82, 2.24) is 0 Å². The average molecular weight is 292 g/mol. The SMILES string of the molecule is COC1(CC(O)c2ccc(F)c(C(F)(F)F)c2)CCC1. The first-order valence-electron chi connectivity index (χ1n) is 6.37. The molecule has 2 rings (SSSR count). The molecule has 2 nitrogen and oxygen atoms in total. The second kappa shape index (κ2) is 5.33. The zero-order chi connectivity index (χ0) is 15.0. The molecule has 0 radical (unpaired) electrons. The van der Waals surface area contributed by atoms with E-state index in [1.54, 1.807) is 0 Å². The zero-order valence-electron chi connectivity index (χ0n) is 11.0. The standard InChI is InChI=1S/C14H16F4O2/c1-20-13(5-2-6-13)8-12(19)9-3-4-11(15)10(7-9)14(16,17)18/h3-4,7,12,19H,2,5-6,8H2,1H3. The molecule has 1 unspecified atom stereocenters. The molecule has 1 aromatic carbocycles. The minimum Gasteiger partial charge on any atom is -0.388 e. The summed E-state index contributed by atoms with van der Waals surface area (Å²) in [5.41, 5.74) is -1.76. The van der Waals surface area contributed by atoms with Crippen molar-refractivity contribution in [1.29, 1.82) is 0 Å². The minimum absolute atomic E-state index is 0.0575. The smallest absolute Gasteiger partial charge is 0.388 e. The molecule has 0 bridgehead atoms. The fraction of sp³-hybridized carbons (Fsp3) is 0.571. The maximum Gasteiger partial charge on any atom is 0.419 e. The Balaban J connectivity index is 2.20. The molecule has 0 aromatic heterocycles.